The van der Waals surface area contributed by atoms with Crippen LogP contribution in [0, 0.1) is 37.0 Å². The number of nitrogens with one attached hydrogen (secondary N) is 9. The van der Waals surface area contributed by atoms with E-state index in [1.165, 1.54) is 0 Å². The normalized spacial score (nSPS) is 13.4. The van der Waals surface area contributed by atoms with Crippen LogP contribution >= 0.6 is 0 Å². The average molecular weight is 1880 g/mol. The molecule has 732 valence electrons. The van der Waals surface area contributed by atoms with Crippen LogP contribution in [-0.4, -0.2) is 201 Å². The highest BCUT2D eigenvalue weighted by atomic mass is 16.7. The summed E-state index contributed by atoms with van der Waals surface area (Å²) >= 11 is 0. The van der Waals surface area contributed by atoms with E-state index >= 15 is 0 Å². The van der Waals surface area contributed by atoms with Gasteiger partial charge in [-0.25, -0.2) is 43.2 Å². The lowest BCUT2D eigenvalue weighted by molar-refractivity contribution is -0.199. The monoisotopic (exact) mass is 1880 g/mol. The van der Waals surface area contributed by atoms with E-state index in [0.29, 0.717) is 82.6 Å². The Balaban J connectivity index is 0.000000281. The highest BCUT2D eigenvalue weighted by Crippen LogP contribution is 2.47. The number of hydrogen-bond donors (Lipinski definition) is 12. The molecule has 34 heteroatoms. The summed E-state index contributed by atoms with van der Waals surface area (Å²) in [6.45, 7) is 23.8. The predicted octanol–water partition coefficient (Wildman–Crippen LogP) is 13.5. The molecule has 0 aromatic heterocycles. The number of carbonyl (C=O) groups excluding carboxylic acids is 12. The van der Waals surface area contributed by atoms with Gasteiger partial charge in [-0.1, -0.05) is 163 Å². The van der Waals surface area contributed by atoms with Crippen molar-refractivity contribution in [1.29, 1.82) is 0 Å². The number of terminal acetylenes is 3. The quantitative estimate of drug-likeness (QED) is 0.00752. The molecule has 3 aliphatic carbocycles. The van der Waals surface area contributed by atoms with Crippen LogP contribution in [0.5, 0.6) is 0 Å². The number of hydrogen-bond acceptors (Lipinski definition) is 23. The molecule has 4 atom stereocenters. The highest BCUT2D eigenvalue weighted by Gasteiger charge is 2.38. The van der Waals surface area contributed by atoms with Crippen LogP contribution in [-0.2, 0) is 66.8 Å². The third-order valence-corrected chi connectivity index (χ3v) is 20.6. The predicted molar refractivity (Wildman–Crippen MR) is 513 cm³/mol. The number of rotatable bonds is 36. The largest absolute Gasteiger partial charge is 0.480 e. The summed E-state index contributed by atoms with van der Waals surface area (Å²) in [4.78, 5) is 162. The molecule has 11 amide bonds. The van der Waals surface area contributed by atoms with E-state index < -0.39 is 113 Å². The number of nitrogens with two attached hydrogens (primary N) is 2. The van der Waals surface area contributed by atoms with Crippen molar-refractivity contribution >= 4 is 78.2 Å². The van der Waals surface area contributed by atoms with Crippen LogP contribution in [0.25, 0.3) is 33.4 Å². The number of nitrogens with zero attached hydrogens (tertiary/aromatic N) is 1. The maximum absolute atomic E-state index is 12.9. The first-order valence-corrected chi connectivity index (χ1v) is 45.4. The molecule has 6 aromatic carbocycles. The first-order valence-electron chi connectivity index (χ1n) is 45.4. The molecule has 14 N–H and O–H groups in total. The summed E-state index contributed by atoms with van der Waals surface area (Å²) in [5, 5.41) is 33.3. The minimum absolute atomic E-state index is 0.0462. The van der Waals surface area contributed by atoms with Gasteiger partial charge in [-0.3, -0.25) is 19.2 Å². The van der Waals surface area contributed by atoms with Crippen molar-refractivity contribution < 1.29 is 105 Å². The number of amides is 11. The number of carboxylic acid groups (broad SMARTS) is 1. The Bertz CT molecular complexity index is 5010. The summed E-state index contributed by atoms with van der Waals surface area (Å²) in [7, 11) is 0. The van der Waals surface area contributed by atoms with Crippen molar-refractivity contribution in [2.45, 2.75) is 237 Å². The zero-order valence-electron chi connectivity index (χ0n) is 79.7. The molecule has 1 fully saturated rings. The van der Waals surface area contributed by atoms with E-state index in [1.807, 2.05) is 133 Å². The van der Waals surface area contributed by atoms with Gasteiger partial charge in [-0.05, 0) is 227 Å². The summed E-state index contributed by atoms with van der Waals surface area (Å²) in [5.41, 5.74) is 21.4. The Morgan fingerprint density at radius 2 is 0.632 bits per heavy atom. The first kappa shape index (κ1) is 111. The molecule has 4 unspecified atom stereocenters. The lowest BCUT2D eigenvalue weighted by atomic mass is 9.98. The Labute approximate surface area is 796 Å². The molecule has 136 heavy (non-hydrogen) atoms. The highest BCUT2D eigenvalue weighted by molar-refractivity contribution is 6.02. The van der Waals surface area contributed by atoms with Gasteiger partial charge in [0.15, 0.2) is 0 Å². The molecular weight excluding hydrogens is 1750 g/mol. The molecule has 0 radical (unpaired) electrons. The third kappa shape index (κ3) is 38.8. The number of unbranched alkanes of at least 4 members (excludes halogenated alkanes) is 4. The summed E-state index contributed by atoms with van der Waals surface area (Å²) in [5.74, 6) is 2.58. The van der Waals surface area contributed by atoms with E-state index in [1.54, 1.807) is 83.1 Å². The SMILES string of the molecule is C#CCN.C#CCNC(=O)C(CCCCNC(=O)OC(C)(C)C)NC(=O)OCC1c2ccccc2-c2ccccc21.C#CCNC(=O)C(N)CCCCNC(=O)OC(C)(C)C.CC(C)(C)OC(=O)NCCCCC(NC(=O)OCC1c2ccccc2-c2ccccc21)C(=O)O.CC(C)(C)OC(=O)NCCCCC(NC(=O)OCC1c2ccccc2-c2ccccc21)C(=O)ON1C(=O)CCC1=O. The van der Waals surface area contributed by atoms with Gasteiger partial charge in [0, 0.05) is 56.8 Å². The fourth-order valence-corrected chi connectivity index (χ4v) is 14.5. The standard InChI is InChI=1S/C30H35N3O8.C29H35N3O5.C26H32N2O6.C14H25N3O3.C3H5N/c1-30(2,3)40-28(37)31-17-9-8-14-24(27(36)41-33-25(34)15-16-26(33)35)32-29(38)39-18-23-21-12-6-4-10-19(21)20-11-5-7-13-22(20)23;1-5-17-30-26(33)25(16-10-11-18-31-27(34)37-29(2,3)4)32-28(35)36-19-24-22-14-8-6-12-20(22)21-13-7-9-15-23(21)24;1-26(2,3)34-24(31)27-15-9-8-14-22(23(29)30)28-25(32)33-16-21-19-12-6-4-10-17(19)18-11-5-7-13-20(18)21;1-5-9-16-12(18)11(15)8-6-7-10-17-13(19)20-14(2,3)4;1-2-3-4/h4-7,10-13,23-24H,8-9,14-18H2,1-3H3,(H,31,37)(H,32,38);1,6-9,12-15,24-25H,10-11,16-19H2,2-4H3,(H,30,33)(H,31,34)(H,32,35);4-7,10-13,21-22H,8-9,14-16H2,1-3H3,(H,27,31)(H,28,32)(H,29,30);1,11H,6-10,15H2,2-4H3,(H,16,18)(H,17,19);1H,3-4H2. The lowest BCUT2D eigenvalue weighted by Gasteiger charge is -2.21. The molecule has 10 rings (SSSR count). The van der Waals surface area contributed by atoms with Gasteiger partial charge in [0.05, 0.1) is 25.7 Å². The van der Waals surface area contributed by atoms with Crippen LogP contribution in [0.15, 0.2) is 146 Å². The number of alkyl carbamates (subject to hydrolysis) is 7. The fourth-order valence-electron chi connectivity index (χ4n) is 14.5. The van der Waals surface area contributed by atoms with Gasteiger partial charge < -0.3 is 102 Å². The minimum Gasteiger partial charge on any atom is -0.480 e. The van der Waals surface area contributed by atoms with Crippen molar-refractivity contribution in [1.82, 2.24) is 52.9 Å². The number of hydroxylamine groups is 2. The molecule has 6 aromatic rings. The van der Waals surface area contributed by atoms with E-state index in [-0.39, 0.29) is 94.7 Å². The molecule has 1 heterocycles. The Morgan fingerprint density at radius 3 is 0.912 bits per heavy atom. The fraction of sp³-hybridized carbons (Fsp3) is 0.461. The number of carboxylic acids is 1. The van der Waals surface area contributed by atoms with Crippen molar-refractivity contribution in [3.05, 3.63) is 179 Å². The number of benzene rings is 6. The van der Waals surface area contributed by atoms with E-state index in [2.05, 4.69) is 84.2 Å². The third-order valence-electron chi connectivity index (χ3n) is 20.6. The summed E-state index contributed by atoms with van der Waals surface area (Å²) < 4.78 is 37.2. The number of ether oxygens (including phenoxy) is 7. The first-order chi connectivity index (χ1) is 64.5. The van der Waals surface area contributed by atoms with Gasteiger partial charge in [0.2, 0.25) is 11.8 Å². The number of fused-ring (bicyclic) bond motifs is 9. The van der Waals surface area contributed by atoms with Crippen LogP contribution in [0.1, 0.15) is 224 Å². The zero-order valence-corrected chi connectivity index (χ0v) is 79.7. The van der Waals surface area contributed by atoms with Crippen LogP contribution in [0.4, 0.5) is 33.6 Å². The van der Waals surface area contributed by atoms with E-state index in [9.17, 15) is 67.4 Å². The van der Waals surface area contributed by atoms with Crippen molar-refractivity contribution in [2.24, 2.45) is 11.5 Å². The molecule has 1 aliphatic heterocycles. The Hall–Kier alpha value is -14.2. The Kier molecular flexibility index (Phi) is 45.1. The molecule has 0 spiro atoms. The molecule has 1 saturated heterocycles. The van der Waals surface area contributed by atoms with Gasteiger partial charge in [0.25, 0.3) is 11.8 Å². The van der Waals surface area contributed by atoms with E-state index in [0.717, 1.165) is 79.6 Å². The van der Waals surface area contributed by atoms with Gasteiger partial charge in [-0.2, -0.15) is 0 Å². The molecule has 0 saturated carbocycles. The average Bonchev–Trinajstić information content (AvgIpc) is 1.63. The zero-order chi connectivity index (χ0) is 100. The van der Waals surface area contributed by atoms with Crippen LogP contribution in [0.2, 0.25) is 0 Å². The summed E-state index contributed by atoms with van der Waals surface area (Å²) in [6.07, 6.45) is 16.4. The molecular formula is C102H132N12O22. The van der Waals surface area contributed by atoms with Crippen molar-refractivity contribution in [3.63, 3.8) is 0 Å². The summed E-state index contributed by atoms with van der Waals surface area (Å²) in [6, 6.07) is 44.4. The van der Waals surface area contributed by atoms with E-state index in [4.69, 9.17) is 62.3 Å². The van der Waals surface area contributed by atoms with Crippen LogP contribution in [0.3, 0.4) is 0 Å². The second kappa shape index (κ2) is 55.5. The maximum Gasteiger partial charge on any atom is 0.407 e. The maximum atomic E-state index is 12.9. The van der Waals surface area contributed by atoms with Crippen LogP contribution < -0.4 is 59.3 Å². The smallest absolute Gasteiger partial charge is 0.407 e. The minimum atomic E-state index is -1.19. The topological polar surface area (TPSA) is 480 Å². The van der Waals surface area contributed by atoms with Gasteiger partial charge >= 0.3 is 54.6 Å². The number of carbonyl (C=O) groups is 13. The van der Waals surface area contributed by atoms with Gasteiger partial charge in [-0.15, -0.1) is 24.3 Å². The van der Waals surface area contributed by atoms with Crippen molar-refractivity contribution in [3.8, 4) is 70.4 Å². The molecule has 34 nitrogen and oxygen atoms in total. The number of imide groups is 1. The van der Waals surface area contributed by atoms with Crippen molar-refractivity contribution in [2.75, 3.05) is 65.6 Å². The molecule has 0 bridgehead atoms. The second-order valence-corrected chi connectivity index (χ2v) is 36.0. The van der Waals surface area contributed by atoms with Gasteiger partial charge in [0.1, 0.15) is 60.4 Å². The second-order valence-electron chi connectivity index (χ2n) is 36.0. The Morgan fingerprint density at radius 1 is 0.375 bits per heavy atom. The lowest BCUT2D eigenvalue weighted by Crippen LogP contribution is -2.47. The molecule has 4 aliphatic rings. The number of aliphatic carboxylic acids is 1.